The van der Waals surface area contributed by atoms with Crippen molar-refractivity contribution in [1.82, 2.24) is 10.4 Å². The van der Waals surface area contributed by atoms with Gasteiger partial charge in [-0.25, -0.2) is 5.01 Å². The van der Waals surface area contributed by atoms with E-state index in [1.165, 1.54) is 0 Å². The summed E-state index contributed by atoms with van der Waals surface area (Å²) in [6, 6.07) is 5.74. The number of aryl methyl sites for hydroxylation is 1. The molecule has 0 saturated carbocycles. The number of hydrazine groups is 1. The Morgan fingerprint density at radius 1 is 1.38 bits per heavy atom. The number of nitrogens with zero attached hydrogens (tertiary/aromatic N) is 1. The lowest BCUT2D eigenvalue weighted by molar-refractivity contribution is 0.0856. The van der Waals surface area contributed by atoms with Crippen molar-refractivity contribution in [2.75, 3.05) is 26.0 Å². The molecule has 0 aromatic heterocycles. The highest BCUT2D eigenvalue weighted by atomic mass is 16.2. The maximum absolute atomic E-state index is 11.8. The van der Waals surface area contributed by atoms with E-state index in [-0.39, 0.29) is 5.91 Å². The molecule has 88 valence electrons. The van der Waals surface area contributed by atoms with Crippen molar-refractivity contribution in [1.29, 1.82) is 0 Å². The molecule has 0 spiro atoms. The molecular formula is C12H19N3O. The summed E-state index contributed by atoms with van der Waals surface area (Å²) in [5.41, 5.74) is 5.44. The van der Waals surface area contributed by atoms with Gasteiger partial charge < -0.3 is 5.32 Å². The second kappa shape index (κ2) is 5.51. The SMILES string of the molecule is CCNc1ccc(C(=O)NN(C)C)c(C)c1. The predicted molar refractivity (Wildman–Crippen MR) is 66.5 cm³/mol. The van der Waals surface area contributed by atoms with Crippen molar-refractivity contribution >= 4 is 11.6 Å². The second-order valence-corrected chi connectivity index (χ2v) is 3.90. The zero-order chi connectivity index (χ0) is 12.1. The highest BCUT2D eigenvalue weighted by molar-refractivity contribution is 5.95. The molecule has 2 N–H and O–H groups in total. The van der Waals surface area contributed by atoms with E-state index < -0.39 is 0 Å². The molecule has 0 radical (unpaired) electrons. The van der Waals surface area contributed by atoms with Gasteiger partial charge in [0.25, 0.3) is 5.91 Å². The largest absolute Gasteiger partial charge is 0.385 e. The van der Waals surface area contributed by atoms with E-state index in [1.54, 1.807) is 19.1 Å². The molecule has 1 rings (SSSR count). The van der Waals surface area contributed by atoms with E-state index in [0.717, 1.165) is 17.8 Å². The molecule has 0 heterocycles. The van der Waals surface area contributed by atoms with Crippen LogP contribution in [0.25, 0.3) is 0 Å². The Morgan fingerprint density at radius 3 is 2.56 bits per heavy atom. The van der Waals surface area contributed by atoms with Crippen LogP contribution in [0.1, 0.15) is 22.8 Å². The van der Waals surface area contributed by atoms with Gasteiger partial charge in [-0.2, -0.15) is 0 Å². The number of benzene rings is 1. The zero-order valence-electron chi connectivity index (χ0n) is 10.3. The van der Waals surface area contributed by atoms with Crippen molar-refractivity contribution < 1.29 is 4.79 Å². The van der Waals surface area contributed by atoms with Gasteiger partial charge >= 0.3 is 0 Å². The minimum absolute atomic E-state index is 0.0782. The first kappa shape index (κ1) is 12.5. The average molecular weight is 221 g/mol. The van der Waals surface area contributed by atoms with Crippen LogP contribution < -0.4 is 10.7 Å². The third-order valence-corrected chi connectivity index (χ3v) is 2.18. The van der Waals surface area contributed by atoms with E-state index in [1.807, 2.05) is 32.0 Å². The summed E-state index contributed by atoms with van der Waals surface area (Å²) in [5, 5.41) is 4.85. The summed E-state index contributed by atoms with van der Waals surface area (Å²) < 4.78 is 0. The Labute approximate surface area is 96.6 Å². The van der Waals surface area contributed by atoms with Crippen LogP contribution >= 0.6 is 0 Å². The first-order valence-electron chi connectivity index (χ1n) is 5.37. The van der Waals surface area contributed by atoms with E-state index in [2.05, 4.69) is 10.7 Å². The molecule has 0 aliphatic carbocycles. The fourth-order valence-electron chi connectivity index (χ4n) is 1.50. The number of anilines is 1. The molecule has 1 amide bonds. The van der Waals surface area contributed by atoms with E-state index in [0.29, 0.717) is 5.56 Å². The molecular weight excluding hydrogens is 202 g/mol. The van der Waals surface area contributed by atoms with Crippen molar-refractivity contribution in [3.05, 3.63) is 29.3 Å². The molecule has 1 aromatic carbocycles. The average Bonchev–Trinajstić information content (AvgIpc) is 2.16. The topological polar surface area (TPSA) is 44.4 Å². The number of hydrogen-bond acceptors (Lipinski definition) is 3. The highest BCUT2D eigenvalue weighted by Crippen LogP contribution is 2.14. The molecule has 16 heavy (non-hydrogen) atoms. The van der Waals surface area contributed by atoms with Crippen LogP contribution in [-0.4, -0.2) is 31.6 Å². The van der Waals surface area contributed by atoms with E-state index in [4.69, 9.17) is 0 Å². The van der Waals surface area contributed by atoms with Crippen molar-refractivity contribution in [3.8, 4) is 0 Å². The Bertz CT molecular complexity index is 375. The van der Waals surface area contributed by atoms with Crippen LogP contribution in [0.15, 0.2) is 18.2 Å². The monoisotopic (exact) mass is 221 g/mol. The summed E-state index contributed by atoms with van der Waals surface area (Å²) in [5.74, 6) is -0.0782. The summed E-state index contributed by atoms with van der Waals surface area (Å²) in [6.07, 6.45) is 0. The standard InChI is InChI=1S/C12H19N3O/c1-5-13-10-6-7-11(9(2)8-10)12(16)14-15(3)4/h6-8,13H,5H2,1-4H3,(H,14,16). The van der Waals surface area contributed by atoms with Gasteiger partial charge in [-0.3, -0.25) is 10.2 Å². The van der Waals surface area contributed by atoms with Gasteiger partial charge in [-0.05, 0) is 37.6 Å². The number of carbonyl (C=O) groups excluding carboxylic acids is 1. The Kier molecular flexibility index (Phi) is 4.31. The van der Waals surface area contributed by atoms with Crippen molar-refractivity contribution in [2.24, 2.45) is 0 Å². The first-order chi connectivity index (χ1) is 7.54. The minimum atomic E-state index is -0.0782. The number of rotatable bonds is 4. The maximum atomic E-state index is 11.8. The van der Waals surface area contributed by atoms with Gasteiger partial charge in [0.1, 0.15) is 0 Å². The highest BCUT2D eigenvalue weighted by Gasteiger charge is 2.09. The summed E-state index contributed by atoms with van der Waals surface area (Å²) in [6.45, 7) is 4.86. The van der Waals surface area contributed by atoms with Crippen molar-refractivity contribution in [3.63, 3.8) is 0 Å². The number of amides is 1. The quantitative estimate of drug-likeness (QED) is 0.760. The van der Waals surface area contributed by atoms with Crippen LogP contribution in [0.4, 0.5) is 5.69 Å². The number of nitrogens with one attached hydrogen (secondary N) is 2. The van der Waals surface area contributed by atoms with E-state index >= 15 is 0 Å². The van der Waals surface area contributed by atoms with Crippen LogP contribution in [0.3, 0.4) is 0 Å². The molecule has 4 nitrogen and oxygen atoms in total. The minimum Gasteiger partial charge on any atom is -0.385 e. The predicted octanol–water partition coefficient (Wildman–Crippen LogP) is 1.63. The van der Waals surface area contributed by atoms with Crippen LogP contribution in [0, 0.1) is 6.92 Å². The number of carbonyl (C=O) groups is 1. The molecule has 0 aliphatic heterocycles. The first-order valence-corrected chi connectivity index (χ1v) is 5.37. The summed E-state index contributed by atoms with van der Waals surface area (Å²) in [7, 11) is 3.58. The van der Waals surface area contributed by atoms with Crippen LogP contribution in [0.2, 0.25) is 0 Å². The second-order valence-electron chi connectivity index (χ2n) is 3.90. The number of hydrogen-bond donors (Lipinski definition) is 2. The van der Waals surface area contributed by atoms with Gasteiger partial charge in [0.15, 0.2) is 0 Å². The molecule has 0 saturated heterocycles. The summed E-state index contributed by atoms with van der Waals surface area (Å²) >= 11 is 0. The normalized spacial score (nSPS) is 10.3. The molecule has 1 aromatic rings. The lowest BCUT2D eigenvalue weighted by Gasteiger charge is -2.14. The Morgan fingerprint density at radius 2 is 2.06 bits per heavy atom. The Hall–Kier alpha value is -1.55. The lowest BCUT2D eigenvalue weighted by atomic mass is 10.1. The fourth-order valence-corrected chi connectivity index (χ4v) is 1.50. The van der Waals surface area contributed by atoms with Gasteiger partial charge in [0.05, 0.1) is 0 Å². The zero-order valence-corrected chi connectivity index (χ0v) is 10.3. The molecule has 4 heteroatoms. The molecule has 0 fully saturated rings. The third-order valence-electron chi connectivity index (χ3n) is 2.18. The van der Waals surface area contributed by atoms with Gasteiger partial charge in [0, 0.05) is 31.9 Å². The molecule has 0 atom stereocenters. The van der Waals surface area contributed by atoms with E-state index in [9.17, 15) is 4.79 Å². The molecule has 0 unspecified atom stereocenters. The molecule has 0 bridgehead atoms. The van der Waals surface area contributed by atoms with Gasteiger partial charge in [-0.15, -0.1) is 0 Å². The smallest absolute Gasteiger partial charge is 0.265 e. The third kappa shape index (κ3) is 3.24. The summed E-state index contributed by atoms with van der Waals surface area (Å²) in [4.78, 5) is 11.8. The van der Waals surface area contributed by atoms with Crippen molar-refractivity contribution in [2.45, 2.75) is 13.8 Å². The molecule has 0 aliphatic rings. The van der Waals surface area contributed by atoms with Crippen LogP contribution in [-0.2, 0) is 0 Å². The maximum Gasteiger partial charge on any atom is 0.265 e. The Balaban J connectivity index is 2.86. The van der Waals surface area contributed by atoms with Gasteiger partial charge in [0.2, 0.25) is 0 Å². The van der Waals surface area contributed by atoms with Crippen LogP contribution in [0.5, 0.6) is 0 Å². The lowest BCUT2D eigenvalue weighted by Crippen LogP contribution is -2.36. The fraction of sp³-hybridized carbons (Fsp3) is 0.417. The van der Waals surface area contributed by atoms with Gasteiger partial charge in [-0.1, -0.05) is 0 Å².